The molecule has 0 aromatic heterocycles. The summed E-state index contributed by atoms with van der Waals surface area (Å²) in [5, 5.41) is 14.3. The van der Waals surface area contributed by atoms with Crippen molar-refractivity contribution in [1.29, 1.82) is 0 Å². The third-order valence-electron chi connectivity index (χ3n) is 4.38. The normalized spacial score (nSPS) is 11.6. The van der Waals surface area contributed by atoms with Crippen molar-refractivity contribution in [1.82, 2.24) is 0 Å². The number of nitrogens with zero attached hydrogens (tertiary/aromatic N) is 1. The van der Waals surface area contributed by atoms with Gasteiger partial charge in [-0.05, 0) is 24.6 Å². The lowest BCUT2D eigenvalue weighted by atomic mass is 9.97. The lowest BCUT2D eigenvalue weighted by molar-refractivity contribution is -0.384. The molecule has 0 heterocycles. The van der Waals surface area contributed by atoms with Gasteiger partial charge in [0.25, 0.3) is 5.69 Å². The van der Waals surface area contributed by atoms with Crippen molar-refractivity contribution in [2.75, 3.05) is 5.32 Å². The first-order valence-electron chi connectivity index (χ1n) is 8.69. The van der Waals surface area contributed by atoms with E-state index in [2.05, 4.69) is 5.32 Å². The molecule has 0 saturated carbocycles. The fourth-order valence-electron chi connectivity index (χ4n) is 2.86. The summed E-state index contributed by atoms with van der Waals surface area (Å²) in [6.45, 7) is 1.98. The quantitative estimate of drug-likeness (QED) is 0.351. The SMILES string of the molecule is Cc1ccc(C(=O)CC(Nc2ccccc2)c2ccc([N+](=O)[O-])cc2)cc1. The van der Waals surface area contributed by atoms with Crippen molar-refractivity contribution in [3.63, 3.8) is 0 Å². The van der Waals surface area contributed by atoms with E-state index >= 15 is 0 Å². The molecule has 0 aliphatic carbocycles. The maximum Gasteiger partial charge on any atom is 0.269 e. The highest BCUT2D eigenvalue weighted by Gasteiger charge is 2.18. The summed E-state index contributed by atoms with van der Waals surface area (Å²) in [4.78, 5) is 23.2. The van der Waals surface area contributed by atoms with Crippen LogP contribution in [0.2, 0.25) is 0 Å². The summed E-state index contributed by atoms with van der Waals surface area (Å²) >= 11 is 0. The van der Waals surface area contributed by atoms with Gasteiger partial charge in [-0.2, -0.15) is 0 Å². The molecule has 0 amide bonds. The number of rotatable bonds is 7. The van der Waals surface area contributed by atoms with Crippen molar-refractivity contribution in [3.05, 3.63) is 106 Å². The second-order valence-corrected chi connectivity index (χ2v) is 6.40. The number of carbonyl (C=O) groups is 1. The first kappa shape index (κ1) is 18.3. The molecule has 3 rings (SSSR count). The highest BCUT2D eigenvalue weighted by atomic mass is 16.6. The van der Waals surface area contributed by atoms with Gasteiger partial charge in [-0.15, -0.1) is 0 Å². The average molecular weight is 360 g/mol. The van der Waals surface area contributed by atoms with E-state index in [0.29, 0.717) is 5.56 Å². The number of carbonyl (C=O) groups excluding carboxylic acids is 1. The minimum Gasteiger partial charge on any atom is -0.378 e. The van der Waals surface area contributed by atoms with E-state index in [0.717, 1.165) is 16.8 Å². The maximum absolute atomic E-state index is 12.8. The predicted molar refractivity (Wildman–Crippen MR) is 106 cm³/mol. The smallest absolute Gasteiger partial charge is 0.269 e. The zero-order valence-corrected chi connectivity index (χ0v) is 15.0. The Morgan fingerprint density at radius 2 is 1.59 bits per heavy atom. The first-order chi connectivity index (χ1) is 13.0. The molecule has 0 bridgehead atoms. The maximum atomic E-state index is 12.8. The van der Waals surface area contributed by atoms with Gasteiger partial charge in [0.1, 0.15) is 0 Å². The molecule has 0 radical (unpaired) electrons. The van der Waals surface area contributed by atoms with Gasteiger partial charge >= 0.3 is 0 Å². The van der Waals surface area contributed by atoms with Crippen LogP contribution in [-0.2, 0) is 0 Å². The molecule has 0 saturated heterocycles. The number of non-ortho nitro benzene ring substituents is 1. The van der Waals surface area contributed by atoms with Crippen LogP contribution in [0.25, 0.3) is 0 Å². The van der Waals surface area contributed by atoms with Gasteiger partial charge in [0, 0.05) is 29.8 Å². The number of Topliss-reactive ketones (excluding diaryl/α,β-unsaturated/α-hetero) is 1. The predicted octanol–water partition coefficient (Wildman–Crippen LogP) is 5.33. The molecular weight excluding hydrogens is 340 g/mol. The van der Waals surface area contributed by atoms with E-state index in [1.807, 2.05) is 61.5 Å². The number of ketones is 1. The molecule has 0 aliphatic heterocycles. The van der Waals surface area contributed by atoms with Crippen molar-refractivity contribution in [2.24, 2.45) is 0 Å². The molecule has 0 aliphatic rings. The van der Waals surface area contributed by atoms with Crippen LogP contribution in [0.5, 0.6) is 0 Å². The van der Waals surface area contributed by atoms with Gasteiger partial charge < -0.3 is 5.32 Å². The van der Waals surface area contributed by atoms with Crippen LogP contribution in [0.4, 0.5) is 11.4 Å². The Labute approximate surface area is 157 Å². The summed E-state index contributed by atoms with van der Waals surface area (Å²) in [6.07, 6.45) is 0.246. The lowest BCUT2D eigenvalue weighted by Gasteiger charge is -2.20. The highest BCUT2D eigenvalue weighted by molar-refractivity contribution is 5.96. The van der Waals surface area contributed by atoms with Gasteiger partial charge in [0.15, 0.2) is 5.78 Å². The summed E-state index contributed by atoms with van der Waals surface area (Å²) in [5.41, 5.74) is 3.49. The van der Waals surface area contributed by atoms with E-state index in [1.54, 1.807) is 12.1 Å². The first-order valence-corrected chi connectivity index (χ1v) is 8.69. The Hall–Kier alpha value is -3.47. The lowest BCUT2D eigenvalue weighted by Crippen LogP contribution is -2.16. The summed E-state index contributed by atoms with van der Waals surface area (Å²) in [5.74, 6) is 0.0155. The largest absolute Gasteiger partial charge is 0.378 e. The van der Waals surface area contributed by atoms with E-state index < -0.39 is 4.92 Å². The zero-order chi connectivity index (χ0) is 19.2. The van der Waals surface area contributed by atoms with E-state index in [-0.39, 0.29) is 23.9 Å². The molecule has 136 valence electrons. The van der Waals surface area contributed by atoms with Crippen molar-refractivity contribution < 1.29 is 9.72 Å². The zero-order valence-electron chi connectivity index (χ0n) is 15.0. The Morgan fingerprint density at radius 3 is 2.19 bits per heavy atom. The summed E-state index contributed by atoms with van der Waals surface area (Å²) in [7, 11) is 0. The molecule has 5 heteroatoms. The third-order valence-corrected chi connectivity index (χ3v) is 4.38. The molecule has 0 fully saturated rings. The fraction of sp³-hybridized carbons (Fsp3) is 0.136. The minimum absolute atomic E-state index is 0.0155. The number of anilines is 1. The number of aryl methyl sites for hydroxylation is 1. The molecule has 1 N–H and O–H groups in total. The van der Waals surface area contributed by atoms with Crippen LogP contribution in [0, 0.1) is 17.0 Å². The standard InChI is InChI=1S/C22H20N2O3/c1-16-7-9-18(10-8-16)22(25)15-21(23-19-5-3-2-4-6-19)17-11-13-20(14-12-17)24(26)27/h2-14,21,23H,15H2,1H3. The molecular formula is C22H20N2O3. The van der Waals surface area contributed by atoms with Crippen LogP contribution in [0.3, 0.4) is 0 Å². The van der Waals surface area contributed by atoms with Crippen LogP contribution in [-0.4, -0.2) is 10.7 Å². The molecule has 1 unspecified atom stereocenters. The second-order valence-electron chi connectivity index (χ2n) is 6.40. The molecule has 1 atom stereocenters. The van der Waals surface area contributed by atoms with E-state index in [9.17, 15) is 14.9 Å². The minimum atomic E-state index is -0.430. The van der Waals surface area contributed by atoms with Crippen LogP contribution >= 0.6 is 0 Å². The molecule has 0 spiro atoms. The van der Waals surface area contributed by atoms with Gasteiger partial charge in [-0.1, -0.05) is 60.2 Å². The highest BCUT2D eigenvalue weighted by Crippen LogP contribution is 2.26. The number of para-hydroxylation sites is 1. The Kier molecular flexibility index (Phi) is 5.61. The monoisotopic (exact) mass is 360 g/mol. The van der Waals surface area contributed by atoms with E-state index in [1.165, 1.54) is 12.1 Å². The van der Waals surface area contributed by atoms with Gasteiger partial charge in [-0.3, -0.25) is 14.9 Å². The van der Waals surface area contributed by atoms with Gasteiger partial charge in [-0.25, -0.2) is 0 Å². The van der Waals surface area contributed by atoms with Crippen molar-refractivity contribution in [3.8, 4) is 0 Å². The number of nitrogens with one attached hydrogen (secondary N) is 1. The summed E-state index contributed by atoms with van der Waals surface area (Å²) < 4.78 is 0. The number of hydrogen-bond acceptors (Lipinski definition) is 4. The third kappa shape index (κ3) is 4.79. The fourth-order valence-corrected chi connectivity index (χ4v) is 2.86. The Morgan fingerprint density at radius 1 is 0.963 bits per heavy atom. The van der Waals surface area contributed by atoms with Crippen molar-refractivity contribution >= 4 is 17.2 Å². The molecule has 27 heavy (non-hydrogen) atoms. The van der Waals surface area contributed by atoms with Crippen LogP contribution < -0.4 is 5.32 Å². The molecule has 5 nitrogen and oxygen atoms in total. The number of benzene rings is 3. The average Bonchev–Trinajstić information content (AvgIpc) is 2.69. The van der Waals surface area contributed by atoms with Crippen LogP contribution in [0.15, 0.2) is 78.9 Å². The van der Waals surface area contributed by atoms with Gasteiger partial charge in [0.2, 0.25) is 0 Å². The molecule has 3 aromatic rings. The van der Waals surface area contributed by atoms with Crippen LogP contribution in [0.1, 0.15) is 33.9 Å². The van der Waals surface area contributed by atoms with E-state index in [4.69, 9.17) is 0 Å². The molecule has 3 aromatic carbocycles. The Bertz CT molecular complexity index is 920. The number of nitro benzene ring substituents is 1. The number of hydrogen-bond donors (Lipinski definition) is 1. The Balaban J connectivity index is 1.85. The van der Waals surface area contributed by atoms with Gasteiger partial charge in [0.05, 0.1) is 11.0 Å². The second kappa shape index (κ2) is 8.27. The topological polar surface area (TPSA) is 72.2 Å². The van der Waals surface area contributed by atoms with Crippen molar-refractivity contribution in [2.45, 2.75) is 19.4 Å². The number of nitro groups is 1. The summed E-state index contributed by atoms with van der Waals surface area (Å²) in [6, 6.07) is 23.1.